The van der Waals surface area contributed by atoms with Crippen LogP contribution in [0, 0.1) is 23.2 Å². The molecule has 0 saturated heterocycles. The Morgan fingerprint density at radius 3 is 2.85 bits per heavy atom. The number of nitriles is 1. The number of aromatic nitrogens is 2. The monoisotopic (exact) mass is 474 g/mol. The summed E-state index contributed by atoms with van der Waals surface area (Å²) in [7, 11) is 1.72. The molecule has 1 amide bonds. The lowest BCUT2D eigenvalue weighted by molar-refractivity contribution is 0.195. The van der Waals surface area contributed by atoms with Gasteiger partial charge in [-0.2, -0.15) is 5.26 Å². The van der Waals surface area contributed by atoms with Crippen LogP contribution in [0.2, 0.25) is 5.02 Å². The summed E-state index contributed by atoms with van der Waals surface area (Å²) in [5.41, 5.74) is 2.19. The fourth-order valence-electron chi connectivity index (χ4n) is 2.74. The molecule has 2 aromatic carbocycles. The zero-order chi connectivity index (χ0) is 24.3. The summed E-state index contributed by atoms with van der Waals surface area (Å²) < 4.78 is 5.80. The maximum atomic E-state index is 10.4. The Kier molecular flexibility index (Phi) is 8.28. The van der Waals surface area contributed by atoms with Crippen LogP contribution in [0.4, 0.5) is 22.0 Å². The van der Waals surface area contributed by atoms with E-state index in [0.717, 1.165) is 0 Å². The van der Waals surface area contributed by atoms with E-state index >= 15 is 0 Å². The fourth-order valence-corrected chi connectivity index (χ4v) is 2.96. The summed E-state index contributed by atoms with van der Waals surface area (Å²) in [6.07, 6.45) is 3.40. The lowest BCUT2D eigenvalue weighted by atomic mass is 10.2. The Morgan fingerprint density at radius 2 is 2.12 bits per heavy atom. The number of benzene rings is 2. The molecule has 0 bridgehead atoms. The van der Waals surface area contributed by atoms with Gasteiger partial charge in [-0.1, -0.05) is 29.7 Å². The van der Waals surface area contributed by atoms with Gasteiger partial charge in [0.2, 0.25) is 0 Å². The Morgan fingerprint density at radius 1 is 1.26 bits per heavy atom. The second kappa shape index (κ2) is 11.8. The van der Waals surface area contributed by atoms with Crippen molar-refractivity contribution < 1.29 is 14.6 Å². The molecule has 1 aromatic heterocycles. The molecule has 0 atom stereocenters. The topological polar surface area (TPSA) is 132 Å². The summed E-state index contributed by atoms with van der Waals surface area (Å²) in [5.74, 6) is 7.15. The number of nitrogens with zero attached hydrogens (tertiary/aromatic N) is 3. The van der Waals surface area contributed by atoms with E-state index in [2.05, 4.69) is 43.8 Å². The van der Waals surface area contributed by atoms with Crippen LogP contribution in [0.5, 0.6) is 11.5 Å². The Bertz CT molecular complexity index is 1320. The lowest BCUT2D eigenvalue weighted by Crippen LogP contribution is -2.20. The molecule has 3 aromatic rings. The molecule has 0 aliphatic carbocycles. The van der Waals surface area contributed by atoms with Gasteiger partial charge >= 0.3 is 6.09 Å². The van der Waals surface area contributed by atoms with Crippen molar-refractivity contribution in [1.82, 2.24) is 15.3 Å². The van der Waals surface area contributed by atoms with Crippen molar-refractivity contribution in [2.75, 3.05) is 24.2 Å². The Balaban J connectivity index is 1.75. The van der Waals surface area contributed by atoms with Crippen LogP contribution >= 0.6 is 11.6 Å². The van der Waals surface area contributed by atoms with E-state index in [4.69, 9.17) is 26.7 Å². The summed E-state index contributed by atoms with van der Waals surface area (Å²) >= 11 is 6.40. The largest absolute Gasteiger partial charge is 0.465 e. The predicted molar refractivity (Wildman–Crippen MR) is 130 cm³/mol. The second-order valence-corrected chi connectivity index (χ2v) is 6.97. The molecule has 4 N–H and O–H groups in total. The van der Waals surface area contributed by atoms with E-state index < -0.39 is 6.09 Å². The first-order valence-electron chi connectivity index (χ1n) is 9.91. The summed E-state index contributed by atoms with van der Waals surface area (Å²) in [6, 6.07) is 14.0. The van der Waals surface area contributed by atoms with Crippen molar-refractivity contribution in [2.24, 2.45) is 0 Å². The molecule has 0 radical (unpaired) electrons. The highest BCUT2D eigenvalue weighted by molar-refractivity contribution is 6.32. The summed E-state index contributed by atoms with van der Waals surface area (Å²) in [4.78, 5) is 18.9. The molecular weight excluding hydrogens is 456 g/mol. The molecular formula is C24H19ClN6O3. The highest BCUT2D eigenvalue weighted by Crippen LogP contribution is 2.33. The van der Waals surface area contributed by atoms with Gasteiger partial charge in [0.15, 0.2) is 5.82 Å². The van der Waals surface area contributed by atoms with Crippen LogP contribution in [0.3, 0.4) is 0 Å². The number of allylic oxidation sites excluding steroid dienone is 1. The van der Waals surface area contributed by atoms with Crippen molar-refractivity contribution in [1.29, 1.82) is 5.26 Å². The normalized spacial score (nSPS) is 10.0. The van der Waals surface area contributed by atoms with E-state index in [9.17, 15) is 4.79 Å². The van der Waals surface area contributed by atoms with Crippen LogP contribution < -0.4 is 20.7 Å². The van der Waals surface area contributed by atoms with E-state index in [1.54, 1.807) is 55.6 Å². The molecule has 170 valence electrons. The van der Waals surface area contributed by atoms with Gasteiger partial charge in [0.25, 0.3) is 0 Å². The molecule has 34 heavy (non-hydrogen) atoms. The highest BCUT2D eigenvalue weighted by Gasteiger charge is 2.11. The van der Waals surface area contributed by atoms with E-state index in [-0.39, 0.29) is 6.54 Å². The number of ether oxygens (including phenoxy) is 1. The van der Waals surface area contributed by atoms with Gasteiger partial charge in [-0.25, -0.2) is 14.8 Å². The molecule has 9 nitrogen and oxygen atoms in total. The molecule has 0 aliphatic rings. The zero-order valence-corrected chi connectivity index (χ0v) is 18.7. The maximum Gasteiger partial charge on any atom is 0.404 e. The minimum absolute atomic E-state index is 0.156. The first-order chi connectivity index (χ1) is 16.5. The van der Waals surface area contributed by atoms with Gasteiger partial charge in [0, 0.05) is 19.3 Å². The standard InChI is InChI=1S/C24H19ClN6O3/c1-27-22-20(8-3-2-4-11-28-24(32)33)29-15-30-23(22)31-17-9-10-21(19(25)13-17)34-18-7-5-6-16(12-18)14-26/h2,4-7,9-10,12-13,15,27-28H,11H2,1H3,(H,32,33)(H,29,30,31). The zero-order valence-electron chi connectivity index (χ0n) is 18.0. The van der Waals surface area contributed by atoms with Crippen LogP contribution in [-0.2, 0) is 0 Å². The molecule has 10 heteroatoms. The predicted octanol–water partition coefficient (Wildman–Crippen LogP) is 4.75. The van der Waals surface area contributed by atoms with Gasteiger partial charge in [0.1, 0.15) is 29.2 Å². The number of hydrogen-bond acceptors (Lipinski definition) is 7. The quantitative estimate of drug-likeness (QED) is 0.360. The SMILES string of the molecule is CNc1c(C#CC=CCNC(=O)O)ncnc1Nc1ccc(Oc2cccc(C#N)c2)c(Cl)c1. The van der Waals surface area contributed by atoms with Crippen LogP contribution in [0.25, 0.3) is 0 Å². The van der Waals surface area contributed by atoms with Crippen molar-refractivity contribution in [2.45, 2.75) is 0 Å². The number of nitrogens with one attached hydrogen (secondary N) is 3. The van der Waals surface area contributed by atoms with Gasteiger partial charge in [0.05, 0.1) is 16.7 Å². The average molecular weight is 475 g/mol. The van der Waals surface area contributed by atoms with Gasteiger partial charge < -0.3 is 25.8 Å². The Hall–Kier alpha value is -4.73. The van der Waals surface area contributed by atoms with Crippen LogP contribution in [0.1, 0.15) is 11.3 Å². The van der Waals surface area contributed by atoms with Crippen LogP contribution in [0.15, 0.2) is 60.9 Å². The molecule has 1 heterocycles. The minimum atomic E-state index is -1.10. The number of rotatable bonds is 7. The van der Waals surface area contributed by atoms with Crippen LogP contribution in [-0.4, -0.2) is 34.8 Å². The van der Waals surface area contributed by atoms with Crippen molar-refractivity contribution in [3.8, 4) is 29.4 Å². The van der Waals surface area contributed by atoms with Gasteiger partial charge in [-0.3, -0.25) is 0 Å². The van der Waals surface area contributed by atoms with Crippen molar-refractivity contribution in [3.63, 3.8) is 0 Å². The third-order valence-electron chi connectivity index (χ3n) is 4.25. The first kappa shape index (κ1) is 23.9. The molecule has 3 rings (SSSR count). The van der Waals surface area contributed by atoms with E-state index in [1.165, 1.54) is 12.4 Å². The first-order valence-corrected chi connectivity index (χ1v) is 10.3. The number of anilines is 3. The molecule has 0 aliphatic heterocycles. The Labute approximate surface area is 201 Å². The van der Waals surface area contributed by atoms with E-state index in [0.29, 0.717) is 45.0 Å². The highest BCUT2D eigenvalue weighted by atomic mass is 35.5. The van der Waals surface area contributed by atoms with E-state index in [1.807, 2.05) is 0 Å². The number of hydrogen-bond donors (Lipinski definition) is 4. The summed E-state index contributed by atoms with van der Waals surface area (Å²) in [6.45, 7) is 0.156. The van der Waals surface area contributed by atoms with Gasteiger partial charge in [-0.05, 0) is 48.4 Å². The van der Waals surface area contributed by atoms with Gasteiger partial charge in [-0.15, -0.1) is 0 Å². The molecule has 0 saturated carbocycles. The third kappa shape index (κ3) is 6.63. The van der Waals surface area contributed by atoms with Crippen molar-refractivity contribution >= 4 is 34.9 Å². The fraction of sp³-hybridized carbons (Fsp3) is 0.0833. The average Bonchev–Trinajstić information content (AvgIpc) is 2.83. The number of carbonyl (C=O) groups is 1. The molecule has 0 unspecified atom stereocenters. The third-order valence-corrected chi connectivity index (χ3v) is 4.54. The number of amides is 1. The molecule has 0 spiro atoms. The number of carboxylic acid groups (broad SMARTS) is 1. The summed E-state index contributed by atoms with van der Waals surface area (Å²) in [5, 5.41) is 26.4. The minimum Gasteiger partial charge on any atom is -0.465 e. The van der Waals surface area contributed by atoms with Crippen molar-refractivity contribution in [3.05, 3.63) is 77.2 Å². The molecule has 0 fully saturated rings. The maximum absolute atomic E-state index is 10.4. The second-order valence-electron chi connectivity index (χ2n) is 6.57. The smallest absolute Gasteiger partial charge is 0.404 e. The number of halogens is 1. The lowest BCUT2D eigenvalue weighted by Gasteiger charge is -2.13.